The minimum absolute atomic E-state index is 0.350. The monoisotopic (exact) mass is 554 g/mol. The van der Waals surface area contributed by atoms with Gasteiger partial charge in [0.05, 0.1) is 17.4 Å². The highest BCUT2D eigenvalue weighted by atomic mass is 79.9. The zero-order valence-electron chi connectivity index (χ0n) is 21.9. The van der Waals surface area contributed by atoms with E-state index in [4.69, 9.17) is 9.47 Å². The van der Waals surface area contributed by atoms with E-state index in [2.05, 4.69) is 32.9 Å². The number of nitrogens with zero attached hydrogens (tertiary/aromatic N) is 4. The highest BCUT2D eigenvalue weighted by Gasteiger charge is 2.29. The number of benzene rings is 1. The smallest absolute Gasteiger partial charge is 0.437 e. The lowest BCUT2D eigenvalue weighted by atomic mass is 10.00. The molecule has 0 unspecified atom stereocenters. The van der Waals surface area contributed by atoms with Gasteiger partial charge in [0.1, 0.15) is 11.2 Å². The molecule has 0 N–H and O–H groups in total. The van der Waals surface area contributed by atoms with Gasteiger partial charge in [-0.2, -0.15) is 5.10 Å². The van der Waals surface area contributed by atoms with Crippen LogP contribution in [0.25, 0.3) is 33.2 Å². The predicted octanol–water partition coefficient (Wildman–Crippen LogP) is 7.25. The number of rotatable bonds is 2. The fraction of sp³-hybridized carbons (Fsp3) is 0.407. The highest BCUT2D eigenvalue weighted by molar-refractivity contribution is 9.10. The average molecular weight is 555 g/mol. The van der Waals surface area contributed by atoms with E-state index in [0.29, 0.717) is 23.1 Å². The van der Waals surface area contributed by atoms with E-state index < -0.39 is 23.4 Å². The number of ether oxygens (including phenoxy) is 2. The third-order valence-electron chi connectivity index (χ3n) is 5.65. The van der Waals surface area contributed by atoms with Crippen LogP contribution in [0.5, 0.6) is 0 Å². The molecule has 3 aromatic heterocycles. The standard InChI is InChI=1S/C27H31BrN4O4/c1-9-16-21-15(2)19(28)10-11-20(21)31(24(33)35-26(3,4)5)22(16)17-12-13-29-23-18(17)14-30-32(23)25(34)36-27(6,7)8/h10-14H,9H2,1-8H3. The van der Waals surface area contributed by atoms with Crippen LogP contribution < -0.4 is 0 Å². The van der Waals surface area contributed by atoms with E-state index >= 15 is 0 Å². The maximum Gasteiger partial charge on any atom is 0.437 e. The normalized spacial score (nSPS) is 12.4. The third-order valence-corrected chi connectivity index (χ3v) is 6.51. The molecule has 0 amide bonds. The average Bonchev–Trinajstić information content (AvgIpc) is 3.33. The molecule has 4 rings (SSSR count). The van der Waals surface area contributed by atoms with Crippen LogP contribution in [0.3, 0.4) is 0 Å². The van der Waals surface area contributed by atoms with Crippen LogP contribution in [0.1, 0.15) is 59.6 Å². The maximum atomic E-state index is 13.6. The van der Waals surface area contributed by atoms with Gasteiger partial charge in [-0.05, 0) is 84.2 Å². The first-order valence-electron chi connectivity index (χ1n) is 11.9. The van der Waals surface area contributed by atoms with Gasteiger partial charge < -0.3 is 9.47 Å². The number of hydrogen-bond acceptors (Lipinski definition) is 6. The summed E-state index contributed by atoms with van der Waals surface area (Å²) in [7, 11) is 0. The lowest BCUT2D eigenvalue weighted by Gasteiger charge is -2.21. The molecule has 4 aromatic rings. The molecule has 190 valence electrons. The summed E-state index contributed by atoms with van der Waals surface area (Å²) in [5, 5.41) is 5.90. The molecule has 3 heterocycles. The van der Waals surface area contributed by atoms with Crippen molar-refractivity contribution in [3.63, 3.8) is 0 Å². The molecule has 8 nitrogen and oxygen atoms in total. The number of carbonyl (C=O) groups is 2. The topological polar surface area (TPSA) is 88.2 Å². The van der Waals surface area contributed by atoms with E-state index in [0.717, 1.165) is 36.7 Å². The number of fused-ring (bicyclic) bond motifs is 2. The molecule has 0 fully saturated rings. The van der Waals surface area contributed by atoms with Gasteiger partial charge in [-0.15, -0.1) is 4.68 Å². The van der Waals surface area contributed by atoms with E-state index in [9.17, 15) is 9.59 Å². The molecule has 0 spiro atoms. The molecule has 0 saturated heterocycles. The van der Waals surface area contributed by atoms with Crippen LogP contribution in [0.2, 0.25) is 0 Å². The van der Waals surface area contributed by atoms with E-state index in [-0.39, 0.29) is 0 Å². The fourth-order valence-corrected chi connectivity index (χ4v) is 4.64. The second kappa shape index (κ2) is 9.03. The molecular formula is C27H31BrN4O4. The summed E-state index contributed by atoms with van der Waals surface area (Å²) >= 11 is 3.64. The molecule has 0 atom stereocenters. The lowest BCUT2D eigenvalue weighted by molar-refractivity contribution is 0.0517. The molecule has 0 saturated carbocycles. The Balaban J connectivity index is 2.05. The van der Waals surface area contributed by atoms with Crippen molar-refractivity contribution < 1.29 is 19.1 Å². The van der Waals surface area contributed by atoms with Crippen LogP contribution in [-0.2, 0) is 15.9 Å². The van der Waals surface area contributed by atoms with Crippen molar-refractivity contribution in [3.8, 4) is 11.3 Å². The Morgan fingerprint density at radius 1 is 1.00 bits per heavy atom. The largest absolute Gasteiger partial charge is 0.443 e. The molecular weight excluding hydrogens is 524 g/mol. The molecule has 1 aromatic carbocycles. The van der Waals surface area contributed by atoms with Gasteiger partial charge in [-0.25, -0.2) is 19.1 Å². The van der Waals surface area contributed by atoms with Gasteiger partial charge in [0, 0.05) is 27.0 Å². The summed E-state index contributed by atoms with van der Waals surface area (Å²) in [6.45, 7) is 15.0. The van der Waals surface area contributed by atoms with Gasteiger partial charge in [-0.1, -0.05) is 22.9 Å². The van der Waals surface area contributed by atoms with E-state index in [1.54, 1.807) is 37.7 Å². The Morgan fingerprint density at radius 3 is 2.25 bits per heavy atom. The molecule has 0 bridgehead atoms. The van der Waals surface area contributed by atoms with Crippen molar-refractivity contribution in [1.82, 2.24) is 19.3 Å². The number of carbonyl (C=O) groups excluding carboxylic acids is 2. The van der Waals surface area contributed by atoms with E-state index in [1.807, 2.05) is 45.9 Å². The van der Waals surface area contributed by atoms with Crippen LogP contribution in [0.15, 0.2) is 35.1 Å². The SMILES string of the molecule is CCc1c(-c2ccnc3c2cnn3C(=O)OC(C)(C)C)n(C(=O)OC(C)(C)C)c2ccc(Br)c(C)c12. The highest BCUT2D eigenvalue weighted by Crippen LogP contribution is 2.40. The summed E-state index contributed by atoms with van der Waals surface area (Å²) in [5.74, 6) is 0. The van der Waals surface area contributed by atoms with Gasteiger partial charge in [0.15, 0.2) is 5.65 Å². The Labute approximate surface area is 218 Å². The zero-order valence-corrected chi connectivity index (χ0v) is 23.5. The minimum atomic E-state index is -0.684. The molecule has 36 heavy (non-hydrogen) atoms. The van der Waals surface area contributed by atoms with Gasteiger partial charge in [0.25, 0.3) is 0 Å². The fourth-order valence-electron chi connectivity index (χ4n) is 4.31. The first-order valence-corrected chi connectivity index (χ1v) is 12.6. The molecule has 0 aliphatic heterocycles. The molecule has 0 aliphatic carbocycles. The molecule has 0 aliphatic rings. The molecule has 9 heteroatoms. The summed E-state index contributed by atoms with van der Waals surface area (Å²) in [4.78, 5) is 30.9. The quantitative estimate of drug-likeness (QED) is 0.259. The summed E-state index contributed by atoms with van der Waals surface area (Å²) in [6.07, 6.45) is 2.77. The predicted molar refractivity (Wildman–Crippen MR) is 144 cm³/mol. The second-order valence-corrected chi connectivity index (χ2v) is 11.5. The number of halogens is 1. The number of pyridine rings is 1. The van der Waals surface area contributed by atoms with Crippen LogP contribution >= 0.6 is 15.9 Å². The first-order chi connectivity index (χ1) is 16.7. The van der Waals surface area contributed by atoms with Gasteiger partial charge in [-0.3, -0.25) is 0 Å². The Morgan fingerprint density at radius 2 is 1.64 bits per heavy atom. The first kappa shape index (κ1) is 25.9. The lowest BCUT2D eigenvalue weighted by Crippen LogP contribution is -2.28. The minimum Gasteiger partial charge on any atom is -0.443 e. The summed E-state index contributed by atoms with van der Waals surface area (Å²) in [6, 6.07) is 5.69. The van der Waals surface area contributed by atoms with Gasteiger partial charge in [0.2, 0.25) is 0 Å². The Hall–Kier alpha value is -3.20. The third kappa shape index (κ3) is 4.64. The van der Waals surface area contributed by atoms with Crippen LogP contribution in [-0.4, -0.2) is 42.7 Å². The maximum absolute atomic E-state index is 13.6. The van der Waals surface area contributed by atoms with Crippen molar-refractivity contribution in [2.24, 2.45) is 0 Å². The zero-order chi connectivity index (χ0) is 26.6. The van der Waals surface area contributed by atoms with Crippen molar-refractivity contribution in [2.75, 3.05) is 0 Å². The number of aryl methyl sites for hydroxylation is 2. The van der Waals surface area contributed by atoms with E-state index in [1.165, 1.54) is 0 Å². The van der Waals surface area contributed by atoms with Crippen molar-refractivity contribution in [1.29, 1.82) is 0 Å². The Kier molecular flexibility index (Phi) is 6.49. The van der Waals surface area contributed by atoms with Crippen LogP contribution in [0.4, 0.5) is 9.59 Å². The summed E-state index contributed by atoms with van der Waals surface area (Å²) < 4.78 is 15.1. The van der Waals surface area contributed by atoms with Crippen LogP contribution in [0, 0.1) is 6.92 Å². The second-order valence-electron chi connectivity index (χ2n) is 10.7. The van der Waals surface area contributed by atoms with Crippen molar-refractivity contribution >= 4 is 50.1 Å². The Bertz CT molecular complexity index is 1500. The summed E-state index contributed by atoms with van der Waals surface area (Å²) in [5.41, 5.74) is 3.18. The van der Waals surface area contributed by atoms with Gasteiger partial charge >= 0.3 is 12.2 Å². The number of hydrogen-bond donors (Lipinski definition) is 0. The van der Waals surface area contributed by atoms with Crippen molar-refractivity contribution in [2.45, 2.75) is 73.0 Å². The van der Waals surface area contributed by atoms with Crippen molar-refractivity contribution in [3.05, 3.63) is 46.2 Å². The number of aromatic nitrogens is 4. The molecule has 0 radical (unpaired) electrons.